The molecule has 0 aliphatic heterocycles. The zero-order valence-corrected chi connectivity index (χ0v) is 12.1. The molecule has 3 unspecified atom stereocenters. The second-order valence-corrected chi connectivity index (χ2v) is 5.85. The SMILES string of the molecule is CCCC(C)C(NC)C1CCc2ccccc2C1. The maximum atomic E-state index is 3.59. The third-order valence-corrected chi connectivity index (χ3v) is 4.58. The van der Waals surface area contributed by atoms with Crippen LogP contribution in [0.4, 0.5) is 0 Å². The summed E-state index contributed by atoms with van der Waals surface area (Å²) in [5.74, 6) is 1.60. The largest absolute Gasteiger partial charge is 0.316 e. The average Bonchev–Trinajstić information content (AvgIpc) is 2.40. The zero-order valence-electron chi connectivity index (χ0n) is 12.1. The summed E-state index contributed by atoms with van der Waals surface area (Å²) < 4.78 is 0. The minimum atomic E-state index is 0.679. The first-order valence-corrected chi connectivity index (χ1v) is 7.50. The molecule has 1 nitrogen and oxygen atoms in total. The highest BCUT2D eigenvalue weighted by molar-refractivity contribution is 5.30. The molecule has 0 radical (unpaired) electrons. The van der Waals surface area contributed by atoms with Gasteiger partial charge in [0.05, 0.1) is 0 Å². The maximum Gasteiger partial charge on any atom is 0.0121 e. The van der Waals surface area contributed by atoms with Gasteiger partial charge in [0.2, 0.25) is 0 Å². The molecule has 0 saturated heterocycles. The number of rotatable bonds is 5. The van der Waals surface area contributed by atoms with Crippen molar-refractivity contribution in [1.82, 2.24) is 5.32 Å². The van der Waals surface area contributed by atoms with E-state index < -0.39 is 0 Å². The van der Waals surface area contributed by atoms with E-state index in [1.54, 1.807) is 11.1 Å². The molecule has 0 amide bonds. The van der Waals surface area contributed by atoms with E-state index in [9.17, 15) is 0 Å². The highest BCUT2D eigenvalue weighted by Crippen LogP contribution is 2.30. The molecule has 0 heterocycles. The molecular weight excluding hydrogens is 218 g/mol. The molecule has 1 aromatic carbocycles. The van der Waals surface area contributed by atoms with Gasteiger partial charge in [0.15, 0.2) is 0 Å². The van der Waals surface area contributed by atoms with Crippen LogP contribution in [0.5, 0.6) is 0 Å². The van der Waals surface area contributed by atoms with Crippen molar-refractivity contribution in [2.24, 2.45) is 11.8 Å². The van der Waals surface area contributed by atoms with Gasteiger partial charge in [0.25, 0.3) is 0 Å². The lowest BCUT2D eigenvalue weighted by Crippen LogP contribution is -2.41. The molecule has 0 saturated carbocycles. The number of hydrogen-bond donors (Lipinski definition) is 1. The molecule has 0 fully saturated rings. The van der Waals surface area contributed by atoms with Crippen molar-refractivity contribution < 1.29 is 0 Å². The lowest BCUT2D eigenvalue weighted by molar-refractivity contribution is 0.249. The van der Waals surface area contributed by atoms with Crippen molar-refractivity contribution in [3.8, 4) is 0 Å². The minimum absolute atomic E-state index is 0.679. The molecule has 0 aromatic heterocycles. The second kappa shape index (κ2) is 6.38. The van der Waals surface area contributed by atoms with Crippen LogP contribution in [0.2, 0.25) is 0 Å². The lowest BCUT2D eigenvalue weighted by atomic mass is 9.75. The molecule has 1 N–H and O–H groups in total. The summed E-state index contributed by atoms with van der Waals surface area (Å²) in [6, 6.07) is 9.66. The van der Waals surface area contributed by atoms with Crippen LogP contribution in [0.15, 0.2) is 24.3 Å². The summed E-state index contributed by atoms with van der Waals surface area (Å²) in [5.41, 5.74) is 3.16. The van der Waals surface area contributed by atoms with Gasteiger partial charge in [-0.2, -0.15) is 0 Å². The monoisotopic (exact) mass is 245 g/mol. The van der Waals surface area contributed by atoms with Crippen LogP contribution >= 0.6 is 0 Å². The first kappa shape index (κ1) is 13.6. The number of aryl methyl sites for hydroxylation is 1. The second-order valence-electron chi connectivity index (χ2n) is 5.85. The molecule has 18 heavy (non-hydrogen) atoms. The van der Waals surface area contributed by atoms with Crippen molar-refractivity contribution in [3.05, 3.63) is 35.4 Å². The van der Waals surface area contributed by atoms with Gasteiger partial charge in [-0.1, -0.05) is 44.5 Å². The van der Waals surface area contributed by atoms with E-state index >= 15 is 0 Å². The Labute approximate surface area is 112 Å². The Morgan fingerprint density at radius 1 is 1.28 bits per heavy atom. The van der Waals surface area contributed by atoms with E-state index in [4.69, 9.17) is 0 Å². The summed E-state index contributed by atoms with van der Waals surface area (Å²) in [7, 11) is 2.14. The van der Waals surface area contributed by atoms with Gasteiger partial charge in [-0.15, -0.1) is 0 Å². The smallest absolute Gasteiger partial charge is 0.0121 e. The fourth-order valence-corrected chi connectivity index (χ4v) is 3.65. The Bertz CT molecular complexity index is 372. The number of benzene rings is 1. The molecule has 2 rings (SSSR count). The molecule has 1 aromatic rings. The first-order valence-electron chi connectivity index (χ1n) is 7.50. The topological polar surface area (TPSA) is 12.0 Å². The van der Waals surface area contributed by atoms with Gasteiger partial charge in [-0.3, -0.25) is 0 Å². The van der Waals surface area contributed by atoms with Crippen molar-refractivity contribution >= 4 is 0 Å². The molecule has 1 aliphatic carbocycles. The highest BCUT2D eigenvalue weighted by Gasteiger charge is 2.28. The first-order chi connectivity index (χ1) is 8.76. The molecule has 100 valence electrons. The molecule has 1 aliphatic rings. The zero-order chi connectivity index (χ0) is 13.0. The highest BCUT2D eigenvalue weighted by atomic mass is 14.9. The predicted octanol–water partition coefficient (Wildman–Crippen LogP) is 3.82. The molecular formula is C17H27N. The van der Waals surface area contributed by atoms with Gasteiger partial charge in [-0.25, -0.2) is 0 Å². The number of nitrogens with one attached hydrogen (secondary N) is 1. The summed E-state index contributed by atoms with van der Waals surface area (Å²) in [6.07, 6.45) is 6.50. The molecule has 0 bridgehead atoms. The van der Waals surface area contributed by atoms with Crippen molar-refractivity contribution in [3.63, 3.8) is 0 Å². The Kier molecular flexibility index (Phi) is 4.82. The quantitative estimate of drug-likeness (QED) is 0.831. The summed E-state index contributed by atoms with van der Waals surface area (Å²) in [5, 5.41) is 3.59. The van der Waals surface area contributed by atoms with Crippen LogP contribution in [-0.4, -0.2) is 13.1 Å². The van der Waals surface area contributed by atoms with Crippen LogP contribution in [0.1, 0.15) is 44.2 Å². The van der Waals surface area contributed by atoms with Gasteiger partial charge in [0.1, 0.15) is 0 Å². The Morgan fingerprint density at radius 3 is 2.67 bits per heavy atom. The number of fused-ring (bicyclic) bond motifs is 1. The van der Waals surface area contributed by atoms with Crippen LogP contribution in [0, 0.1) is 11.8 Å². The van der Waals surface area contributed by atoms with Crippen molar-refractivity contribution in [2.45, 2.75) is 52.0 Å². The Balaban J connectivity index is 2.06. The Morgan fingerprint density at radius 2 is 2.00 bits per heavy atom. The van der Waals surface area contributed by atoms with E-state index in [-0.39, 0.29) is 0 Å². The molecule has 1 heteroatoms. The van der Waals surface area contributed by atoms with Crippen molar-refractivity contribution in [1.29, 1.82) is 0 Å². The third-order valence-electron chi connectivity index (χ3n) is 4.58. The Hall–Kier alpha value is -0.820. The van der Waals surface area contributed by atoms with Crippen molar-refractivity contribution in [2.75, 3.05) is 7.05 Å². The minimum Gasteiger partial charge on any atom is -0.316 e. The number of hydrogen-bond acceptors (Lipinski definition) is 1. The van der Waals surface area contributed by atoms with Gasteiger partial charge >= 0.3 is 0 Å². The van der Waals surface area contributed by atoms with Crippen LogP contribution in [0.25, 0.3) is 0 Å². The van der Waals surface area contributed by atoms with E-state index in [1.165, 1.54) is 32.1 Å². The predicted molar refractivity (Wildman–Crippen MR) is 78.9 cm³/mol. The third kappa shape index (κ3) is 2.95. The summed E-state index contributed by atoms with van der Waals surface area (Å²) >= 11 is 0. The summed E-state index contributed by atoms with van der Waals surface area (Å²) in [6.45, 7) is 4.70. The van der Waals surface area contributed by atoms with E-state index in [0.29, 0.717) is 6.04 Å². The normalized spacial score (nSPS) is 22.3. The average molecular weight is 245 g/mol. The van der Waals surface area contributed by atoms with Gasteiger partial charge < -0.3 is 5.32 Å². The lowest BCUT2D eigenvalue weighted by Gasteiger charge is -2.35. The van der Waals surface area contributed by atoms with E-state index in [2.05, 4.69) is 50.5 Å². The van der Waals surface area contributed by atoms with E-state index in [0.717, 1.165) is 11.8 Å². The van der Waals surface area contributed by atoms with Crippen LogP contribution in [-0.2, 0) is 12.8 Å². The fourth-order valence-electron chi connectivity index (χ4n) is 3.65. The van der Waals surface area contributed by atoms with Crippen LogP contribution in [0.3, 0.4) is 0 Å². The van der Waals surface area contributed by atoms with E-state index in [1.807, 2.05) is 0 Å². The van der Waals surface area contributed by atoms with Crippen LogP contribution < -0.4 is 5.32 Å². The fraction of sp³-hybridized carbons (Fsp3) is 0.647. The maximum absolute atomic E-state index is 3.59. The molecule has 0 spiro atoms. The standard InChI is InChI=1S/C17H27N/c1-4-7-13(2)17(18-3)16-11-10-14-8-5-6-9-15(14)12-16/h5-6,8-9,13,16-18H,4,7,10-12H2,1-3H3. The van der Waals surface area contributed by atoms with Gasteiger partial charge in [0, 0.05) is 6.04 Å². The summed E-state index contributed by atoms with van der Waals surface area (Å²) in [4.78, 5) is 0. The van der Waals surface area contributed by atoms with Gasteiger partial charge in [-0.05, 0) is 55.7 Å². The molecule has 3 atom stereocenters.